The Labute approximate surface area is 135 Å². The first-order valence-corrected chi connectivity index (χ1v) is 7.93. The van der Waals surface area contributed by atoms with Gasteiger partial charge in [0.15, 0.2) is 0 Å². The first kappa shape index (κ1) is 15.2. The first-order valence-electron chi connectivity index (χ1n) is 6.35. The summed E-state index contributed by atoms with van der Waals surface area (Å²) in [7, 11) is 0. The van der Waals surface area contributed by atoms with Gasteiger partial charge in [-0.05, 0) is 52.7 Å². The van der Waals surface area contributed by atoms with Crippen LogP contribution >= 0.6 is 31.9 Å². The summed E-state index contributed by atoms with van der Waals surface area (Å²) in [4.78, 5) is 0. The van der Waals surface area contributed by atoms with E-state index in [9.17, 15) is 0 Å². The third-order valence-electron chi connectivity index (χ3n) is 2.73. The topological polar surface area (TPSA) is 47.3 Å². The molecular formula is C15H16Br2N2O. The molecule has 106 valence electrons. The lowest BCUT2D eigenvalue weighted by Crippen LogP contribution is -2.02. The molecule has 2 aromatic rings. The van der Waals surface area contributed by atoms with Crippen LogP contribution < -0.4 is 15.8 Å². The number of halogens is 2. The van der Waals surface area contributed by atoms with Crippen molar-refractivity contribution in [1.82, 2.24) is 0 Å². The van der Waals surface area contributed by atoms with Gasteiger partial charge in [-0.3, -0.25) is 0 Å². The van der Waals surface area contributed by atoms with Gasteiger partial charge in [-0.15, -0.1) is 0 Å². The van der Waals surface area contributed by atoms with Crippen molar-refractivity contribution in [2.75, 3.05) is 17.7 Å². The minimum Gasteiger partial charge on any atom is -0.491 e. The molecule has 0 aliphatic heterocycles. The number of rotatable bonds is 5. The predicted octanol–water partition coefficient (Wildman–Crippen LogP) is 5.33. The van der Waals surface area contributed by atoms with Crippen molar-refractivity contribution in [3.8, 4) is 5.75 Å². The fourth-order valence-electron chi connectivity index (χ4n) is 1.73. The molecule has 0 aliphatic carbocycles. The molecule has 0 atom stereocenters. The number of nitrogens with one attached hydrogen (secondary N) is 1. The van der Waals surface area contributed by atoms with Crippen LogP contribution in [0.15, 0.2) is 45.3 Å². The Bertz CT molecular complexity index is 602. The molecule has 2 rings (SSSR count). The van der Waals surface area contributed by atoms with Gasteiger partial charge in [0.25, 0.3) is 0 Å². The largest absolute Gasteiger partial charge is 0.491 e. The Hall–Kier alpha value is -1.20. The zero-order valence-corrected chi connectivity index (χ0v) is 14.3. The quantitative estimate of drug-likeness (QED) is 0.668. The Morgan fingerprint density at radius 1 is 1.15 bits per heavy atom. The highest BCUT2D eigenvalue weighted by Gasteiger charge is 2.08. The third kappa shape index (κ3) is 3.67. The number of para-hydroxylation sites is 1. The third-order valence-corrected chi connectivity index (χ3v) is 3.88. The SMILES string of the molecule is CCCOc1cccc(Nc2ccc(Br)cc2Br)c1N. The minimum atomic E-state index is 0.621. The van der Waals surface area contributed by atoms with Crippen LogP contribution in [-0.4, -0.2) is 6.61 Å². The van der Waals surface area contributed by atoms with Crippen molar-refractivity contribution < 1.29 is 4.74 Å². The Balaban J connectivity index is 2.24. The summed E-state index contributed by atoms with van der Waals surface area (Å²) in [6.45, 7) is 2.73. The molecule has 3 N–H and O–H groups in total. The Kier molecular flexibility index (Phi) is 5.31. The van der Waals surface area contributed by atoms with Crippen LogP contribution in [0.25, 0.3) is 0 Å². The number of anilines is 3. The van der Waals surface area contributed by atoms with Crippen molar-refractivity contribution in [1.29, 1.82) is 0 Å². The molecule has 0 aliphatic rings. The molecule has 5 heteroatoms. The Morgan fingerprint density at radius 3 is 2.65 bits per heavy atom. The lowest BCUT2D eigenvalue weighted by molar-refractivity contribution is 0.319. The molecule has 0 heterocycles. The van der Waals surface area contributed by atoms with E-state index in [4.69, 9.17) is 10.5 Å². The maximum Gasteiger partial charge on any atom is 0.144 e. The molecule has 0 spiro atoms. The number of hydrogen-bond donors (Lipinski definition) is 2. The molecule has 0 unspecified atom stereocenters. The molecule has 0 fully saturated rings. The summed E-state index contributed by atoms with van der Waals surface area (Å²) in [6, 6.07) is 11.7. The van der Waals surface area contributed by atoms with E-state index in [-0.39, 0.29) is 0 Å². The molecule has 0 amide bonds. The van der Waals surface area contributed by atoms with Gasteiger partial charge < -0.3 is 15.8 Å². The van der Waals surface area contributed by atoms with Crippen LogP contribution in [0.1, 0.15) is 13.3 Å². The fraction of sp³-hybridized carbons (Fsp3) is 0.200. The van der Waals surface area contributed by atoms with Gasteiger partial charge in [-0.1, -0.05) is 28.9 Å². The zero-order chi connectivity index (χ0) is 14.5. The van der Waals surface area contributed by atoms with Crippen molar-refractivity contribution in [2.45, 2.75) is 13.3 Å². The number of benzene rings is 2. The molecule has 0 radical (unpaired) electrons. The smallest absolute Gasteiger partial charge is 0.144 e. The van der Waals surface area contributed by atoms with Crippen molar-refractivity contribution in [2.24, 2.45) is 0 Å². The summed E-state index contributed by atoms with van der Waals surface area (Å²) >= 11 is 6.96. The molecular weight excluding hydrogens is 384 g/mol. The summed E-state index contributed by atoms with van der Waals surface area (Å²) in [6.07, 6.45) is 0.954. The molecule has 0 saturated carbocycles. The summed E-state index contributed by atoms with van der Waals surface area (Å²) < 4.78 is 7.61. The minimum absolute atomic E-state index is 0.621. The normalized spacial score (nSPS) is 10.3. The number of hydrogen-bond acceptors (Lipinski definition) is 3. The standard InChI is InChI=1S/C15H16Br2N2O/c1-2-8-20-14-5-3-4-13(15(14)18)19-12-7-6-10(16)9-11(12)17/h3-7,9,19H,2,8,18H2,1H3. The van der Waals surface area contributed by atoms with Gasteiger partial charge in [-0.2, -0.15) is 0 Å². The number of nitrogen functional groups attached to an aromatic ring is 1. The van der Waals surface area contributed by atoms with E-state index in [1.54, 1.807) is 0 Å². The maximum atomic E-state index is 6.14. The molecule has 20 heavy (non-hydrogen) atoms. The van der Waals surface area contributed by atoms with Crippen molar-refractivity contribution in [3.05, 3.63) is 45.3 Å². The average Bonchev–Trinajstić information content (AvgIpc) is 2.42. The first-order chi connectivity index (χ1) is 9.61. The van der Waals surface area contributed by atoms with Gasteiger partial charge in [-0.25, -0.2) is 0 Å². The molecule has 0 bridgehead atoms. The van der Waals surface area contributed by atoms with E-state index in [0.717, 1.165) is 26.7 Å². The van der Waals surface area contributed by atoms with Gasteiger partial charge >= 0.3 is 0 Å². The lowest BCUT2D eigenvalue weighted by atomic mass is 10.2. The van der Waals surface area contributed by atoms with E-state index in [0.29, 0.717) is 18.0 Å². The van der Waals surface area contributed by atoms with E-state index in [2.05, 4.69) is 44.1 Å². The summed E-state index contributed by atoms with van der Waals surface area (Å²) in [5, 5.41) is 3.31. The van der Waals surface area contributed by atoms with Gasteiger partial charge in [0.2, 0.25) is 0 Å². The van der Waals surface area contributed by atoms with Crippen molar-refractivity contribution >= 4 is 48.9 Å². The van der Waals surface area contributed by atoms with E-state index >= 15 is 0 Å². The number of nitrogens with two attached hydrogens (primary N) is 1. The van der Waals surface area contributed by atoms with Gasteiger partial charge in [0.1, 0.15) is 5.75 Å². The molecule has 0 saturated heterocycles. The fourth-order valence-corrected chi connectivity index (χ4v) is 2.87. The zero-order valence-electron chi connectivity index (χ0n) is 11.1. The Morgan fingerprint density at radius 2 is 1.95 bits per heavy atom. The summed E-state index contributed by atoms with van der Waals surface area (Å²) in [5.41, 5.74) is 8.55. The summed E-state index contributed by atoms with van der Waals surface area (Å²) in [5.74, 6) is 0.713. The van der Waals surface area contributed by atoms with Crippen LogP contribution in [-0.2, 0) is 0 Å². The monoisotopic (exact) mass is 398 g/mol. The van der Waals surface area contributed by atoms with Crippen LogP contribution in [0.2, 0.25) is 0 Å². The van der Waals surface area contributed by atoms with Crippen LogP contribution in [0, 0.1) is 0 Å². The van der Waals surface area contributed by atoms with Crippen LogP contribution in [0.5, 0.6) is 5.75 Å². The highest BCUT2D eigenvalue weighted by molar-refractivity contribution is 9.11. The molecule has 0 aromatic heterocycles. The van der Waals surface area contributed by atoms with E-state index < -0.39 is 0 Å². The van der Waals surface area contributed by atoms with Gasteiger partial charge in [0.05, 0.1) is 23.7 Å². The predicted molar refractivity (Wildman–Crippen MR) is 91.8 cm³/mol. The lowest BCUT2D eigenvalue weighted by Gasteiger charge is -2.14. The van der Waals surface area contributed by atoms with E-state index in [1.165, 1.54) is 0 Å². The van der Waals surface area contributed by atoms with Crippen LogP contribution in [0.3, 0.4) is 0 Å². The van der Waals surface area contributed by atoms with Crippen molar-refractivity contribution in [3.63, 3.8) is 0 Å². The maximum absolute atomic E-state index is 6.14. The second kappa shape index (κ2) is 6.99. The highest BCUT2D eigenvalue weighted by atomic mass is 79.9. The molecule has 3 nitrogen and oxygen atoms in total. The van der Waals surface area contributed by atoms with Crippen LogP contribution in [0.4, 0.5) is 17.1 Å². The second-order valence-corrected chi connectivity index (χ2v) is 6.09. The van der Waals surface area contributed by atoms with E-state index in [1.807, 2.05) is 36.4 Å². The number of ether oxygens (including phenoxy) is 1. The highest BCUT2D eigenvalue weighted by Crippen LogP contribution is 2.34. The molecule has 2 aromatic carbocycles. The van der Waals surface area contributed by atoms with Gasteiger partial charge in [0, 0.05) is 8.95 Å². The average molecular weight is 400 g/mol. The second-order valence-electron chi connectivity index (χ2n) is 4.32.